The molecule has 1 saturated carbocycles. The third-order valence-electron chi connectivity index (χ3n) is 6.11. The lowest BCUT2D eigenvalue weighted by Gasteiger charge is -2.24. The summed E-state index contributed by atoms with van der Waals surface area (Å²) in [6.07, 6.45) is 2.07. The predicted molar refractivity (Wildman–Crippen MR) is 132 cm³/mol. The van der Waals surface area contributed by atoms with E-state index in [0.717, 1.165) is 62.5 Å². The van der Waals surface area contributed by atoms with Gasteiger partial charge in [0.25, 0.3) is 5.91 Å². The van der Waals surface area contributed by atoms with Crippen LogP contribution >= 0.6 is 11.3 Å². The Hall–Kier alpha value is -3.38. The third-order valence-corrected chi connectivity index (χ3v) is 6.97. The summed E-state index contributed by atoms with van der Waals surface area (Å²) < 4.78 is 11.2. The minimum Gasteiger partial charge on any atom is -0.497 e. The number of fused-ring (bicyclic) bond motifs is 1. The highest BCUT2D eigenvalue weighted by atomic mass is 32.1. The number of pyridine rings is 1. The molecule has 0 radical (unpaired) electrons. The van der Waals surface area contributed by atoms with E-state index in [9.17, 15) is 4.79 Å². The number of methoxy groups -OCH3 is 2. The first-order valence-electron chi connectivity index (χ1n) is 11.0. The average molecular weight is 459 g/mol. The highest BCUT2D eigenvalue weighted by Gasteiger charge is 2.34. The zero-order valence-corrected chi connectivity index (χ0v) is 19.8. The maximum Gasteiger partial charge on any atom is 0.264 e. The Morgan fingerprint density at radius 2 is 1.94 bits per heavy atom. The van der Waals surface area contributed by atoms with Gasteiger partial charge in [0, 0.05) is 23.5 Å². The van der Waals surface area contributed by atoms with Crippen molar-refractivity contribution in [1.82, 2.24) is 9.88 Å². The van der Waals surface area contributed by atoms with Crippen molar-refractivity contribution in [2.45, 2.75) is 32.4 Å². The normalized spacial score (nSPS) is 13.2. The molecule has 4 aromatic rings. The van der Waals surface area contributed by atoms with Gasteiger partial charge in [-0.1, -0.05) is 24.3 Å². The van der Waals surface area contributed by atoms with E-state index in [2.05, 4.69) is 25.1 Å². The smallest absolute Gasteiger partial charge is 0.264 e. The Bertz CT molecular complexity index is 1310. The maximum atomic E-state index is 13.4. The van der Waals surface area contributed by atoms with Gasteiger partial charge >= 0.3 is 0 Å². The number of aryl methyl sites for hydroxylation is 1. The molecule has 0 unspecified atom stereocenters. The fraction of sp³-hybridized carbons (Fsp3) is 0.259. The molecule has 0 N–H and O–H groups in total. The summed E-state index contributed by atoms with van der Waals surface area (Å²) in [6.45, 7) is 2.56. The van der Waals surface area contributed by atoms with Crippen molar-refractivity contribution in [3.05, 3.63) is 76.0 Å². The molecule has 168 valence electrons. The van der Waals surface area contributed by atoms with E-state index in [1.807, 2.05) is 46.7 Å². The number of para-hydroxylation sites is 1. The van der Waals surface area contributed by atoms with Crippen LogP contribution in [0.5, 0.6) is 11.5 Å². The molecule has 0 saturated heterocycles. The second-order valence-corrected chi connectivity index (χ2v) is 9.30. The van der Waals surface area contributed by atoms with Crippen LogP contribution in [-0.4, -0.2) is 36.1 Å². The highest BCUT2D eigenvalue weighted by molar-refractivity contribution is 7.12. The molecule has 6 heteroatoms. The summed E-state index contributed by atoms with van der Waals surface area (Å²) in [4.78, 5) is 21.2. The number of carbonyl (C=O) groups excluding carboxylic acids is 1. The number of aromatic nitrogens is 1. The van der Waals surface area contributed by atoms with Gasteiger partial charge in [-0.2, -0.15) is 0 Å². The Kier molecular flexibility index (Phi) is 5.77. The molecule has 1 amide bonds. The number of carbonyl (C=O) groups is 1. The molecule has 33 heavy (non-hydrogen) atoms. The van der Waals surface area contributed by atoms with E-state index in [-0.39, 0.29) is 11.9 Å². The summed E-state index contributed by atoms with van der Waals surface area (Å²) >= 11 is 1.49. The van der Waals surface area contributed by atoms with E-state index in [0.29, 0.717) is 6.54 Å². The Morgan fingerprint density at radius 1 is 1.09 bits per heavy atom. The monoisotopic (exact) mass is 458 g/mol. The summed E-state index contributed by atoms with van der Waals surface area (Å²) in [7, 11) is 3.31. The zero-order chi connectivity index (χ0) is 22.9. The third kappa shape index (κ3) is 4.18. The van der Waals surface area contributed by atoms with Gasteiger partial charge < -0.3 is 14.4 Å². The van der Waals surface area contributed by atoms with Crippen molar-refractivity contribution in [1.29, 1.82) is 0 Å². The Balaban J connectivity index is 1.67. The summed E-state index contributed by atoms with van der Waals surface area (Å²) in [5.74, 6) is 1.54. The molecule has 1 aliphatic carbocycles. The molecule has 5 nitrogen and oxygen atoms in total. The number of hydrogen-bond donors (Lipinski definition) is 0. The summed E-state index contributed by atoms with van der Waals surface area (Å²) in [6, 6.07) is 18.2. The number of ether oxygens (including phenoxy) is 2. The molecule has 0 atom stereocenters. The number of amides is 1. The summed E-state index contributed by atoms with van der Waals surface area (Å²) in [5, 5.41) is 3.01. The largest absolute Gasteiger partial charge is 0.497 e. The van der Waals surface area contributed by atoms with E-state index in [4.69, 9.17) is 14.5 Å². The van der Waals surface area contributed by atoms with Gasteiger partial charge in [0.05, 0.1) is 30.3 Å². The van der Waals surface area contributed by atoms with E-state index >= 15 is 0 Å². The number of hydrogen-bond acceptors (Lipinski definition) is 5. The molecule has 2 aromatic heterocycles. The number of rotatable bonds is 7. The topological polar surface area (TPSA) is 51.7 Å². The molecule has 0 aliphatic heterocycles. The van der Waals surface area contributed by atoms with Crippen molar-refractivity contribution in [3.63, 3.8) is 0 Å². The quantitative estimate of drug-likeness (QED) is 0.336. The fourth-order valence-corrected chi connectivity index (χ4v) is 4.90. The number of thiophene rings is 1. The van der Waals surface area contributed by atoms with E-state index in [1.165, 1.54) is 11.3 Å². The van der Waals surface area contributed by atoms with Crippen LogP contribution in [0, 0.1) is 6.92 Å². The van der Waals surface area contributed by atoms with Crippen LogP contribution in [0.4, 0.5) is 0 Å². The van der Waals surface area contributed by atoms with Crippen molar-refractivity contribution in [3.8, 4) is 22.8 Å². The van der Waals surface area contributed by atoms with Crippen LogP contribution in [0.3, 0.4) is 0 Å². The van der Waals surface area contributed by atoms with Crippen LogP contribution in [0.1, 0.15) is 33.6 Å². The first-order valence-corrected chi connectivity index (χ1v) is 11.9. The van der Waals surface area contributed by atoms with Gasteiger partial charge in [-0.05, 0) is 66.6 Å². The van der Waals surface area contributed by atoms with E-state index < -0.39 is 0 Å². The van der Waals surface area contributed by atoms with Gasteiger partial charge in [0.15, 0.2) is 0 Å². The number of benzene rings is 2. The predicted octanol–water partition coefficient (Wildman–Crippen LogP) is 6.09. The standard InChI is InChI=1S/C27H26N2O3S/c1-17-6-4-7-18-14-19(16-29(20-9-10-20)27(30)24-8-5-13-33-24)26(28-25(17)18)22-15-21(31-2)11-12-23(22)32-3/h4-8,11-15,20H,9-10,16H2,1-3H3. The van der Waals surface area contributed by atoms with Crippen molar-refractivity contribution >= 4 is 28.1 Å². The van der Waals surface area contributed by atoms with Gasteiger partial charge in [0.1, 0.15) is 11.5 Å². The Labute approximate surface area is 197 Å². The van der Waals surface area contributed by atoms with Gasteiger partial charge in [-0.15, -0.1) is 11.3 Å². The maximum absolute atomic E-state index is 13.4. The molecule has 2 aromatic carbocycles. The lowest BCUT2D eigenvalue weighted by atomic mass is 10.00. The minimum atomic E-state index is 0.0837. The van der Waals surface area contributed by atoms with Crippen LogP contribution < -0.4 is 9.47 Å². The highest BCUT2D eigenvalue weighted by Crippen LogP contribution is 2.38. The second-order valence-electron chi connectivity index (χ2n) is 8.35. The zero-order valence-electron chi connectivity index (χ0n) is 19.0. The van der Waals surface area contributed by atoms with Crippen LogP contribution in [0.2, 0.25) is 0 Å². The lowest BCUT2D eigenvalue weighted by molar-refractivity contribution is 0.0735. The molecule has 0 spiro atoms. The van der Waals surface area contributed by atoms with Crippen LogP contribution in [-0.2, 0) is 6.54 Å². The average Bonchev–Trinajstić information content (AvgIpc) is 3.53. The Morgan fingerprint density at radius 3 is 2.64 bits per heavy atom. The van der Waals surface area contributed by atoms with Gasteiger partial charge in [-0.3, -0.25) is 4.79 Å². The minimum absolute atomic E-state index is 0.0837. The van der Waals surface area contributed by atoms with Crippen LogP contribution in [0.25, 0.3) is 22.2 Å². The molecule has 2 heterocycles. The molecule has 1 aliphatic rings. The van der Waals surface area contributed by atoms with Crippen LogP contribution in [0.15, 0.2) is 60.0 Å². The molecule has 1 fully saturated rings. The first kappa shape index (κ1) is 21.5. The van der Waals surface area contributed by atoms with E-state index in [1.54, 1.807) is 14.2 Å². The number of nitrogens with zero attached hydrogens (tertiary/aromatic N) is 2. The molecular weight excluding hydrogens is 432 g/mol. The second kappa shape index (κ2) is 8.87. The van der Waals surface area contributed by atoms with Crippen molar-refractivity contribution in [2.75, 3.05) is 14.2 Å². The molecular formula is C27H26N2O3S. The molecule has 5 rings (SSSR count). The van der Waals surface area contributed by atoms with Crippen molar-refractivity contribution in [2.24, 2.45) is 0 Å². The first-order chi connectivity index (χ1) is 16.1. The van der Waals surface area contributed by atoms with Crippen molar-refractivity contribution < 1.29 is 14.3 Å². The lowest BCUT2D eigenvalue weighted by Crippen LogP contribution is -2.32. The SMILES string of the molecule is COc1ccc(OC)c(-c2nc3c(C)cccc3cc2CN(C(=O)c2cccs2)C2CC2)c1. The van der Waals surface area contributed by atoms with Gasteiger partial charge in [-0.25, -0.2) is 4.98 Å². The summed E-state index contributed by atoms with van der Waals surface area (Å²) in [5.41, 5.74) is 4.73. The molecule has 0 bridgehead atoms. The fourth-order valence-electron chi connectivity index (χ4n) is 4.22. The van der Waals surface area contributed by atoms with Gasteiger partial charge in [0.2, 0.25) is 0 Å².